The number of hydrogen-bond donors (Lipinski definition) is 1. The van der Waals surface area contributed by atoms with Gasteiger partial charge in [0.1, 0.15) is 0 Å². The highest BCUT2D eigenvalue weighted by molar-refractivity contribution is 7.99. The zero-order valence-corrected chi connectivity index (χ0v) is 7.53. The van der Waals surface area contributed by atoms with Crippen LogP contribution in [0.15, 0.2) is 12.7 Å². The van der Waals surface area contributed by atoms with E-state index in [9.17, 15) is 0 Å². The Labute approximate surface area is 67.5 Å². The molecule has 0 radical (unpaired) electrons. The molecular weight excluding hydrogens is 144 g/mol. The molecule has 0 rings (SSSR count). The monoisotopic (exact) mass is 160 g/mol. The summed E-state index contributed by atoms with van der Waals surface area (Å²) in [5, 5.41) is 9.42. The normalized spacial score (nSPS) is 16.3. The molecule has 0 saturated carbocycles. The average Bonchev–Trinajstić information content (AvgIpc) is 1.88. The van der Waals surface area contributed by atoms with E-state index in [1.807, 2.05) is 19.9 Å². The Morgan fingerprint density at radius 1 is 1.60 bits per heavy atom. The van der Waals surface area contributed by atoms with Crippen molar-refractivity contribution in [1.29, 1.82) is 0 Å². The summed E-state index contributed by atoms with van der Waals surface area (Å²) in [7, 11) is 0. The molecule has 0 spiro atoms. The maximum absolute atomic E-state index is 9.07. The molecule has 0 aliphatic rings. The zero-order valence-electron chi connectivity index (χ0n) is 6.71. The van der Waals surface area contributed by atoms with Gasteiger partial charge in [0, 0.05) is 5.25 Å². The predicted octanol–water partition coefficient (Wildman–Crippen LogP) is 2.06. The van der Waals surface area contributed by atoms with Crippen molar-refractivity contribution in [3.05, 3.63) is 12.7 Å². The third-order valence-electron chi connectivity index (χ3n) is 1.38. The summed E-state index contributed by atoms with van der Waals surface area (Å²) in [4.78, 5) is 0. The first-order valence-electron chi connectivity index (χ1n) is 3.59. The lowest BCUT2D eigenvalue weighted by molar-refractivity contribution is 0.196. The van der Waals surface area contributed by atoms with Gasteiger partial charge in [-0.25, -0.2) is 0 Å². The van der Waals surface area contributed by atoms with Gasteiger partial charge in [-0.3, -0.25) is 0 Å². The fourth-order valence-electron chi connectivity index (χ4n) is 0.477. The second-order valence-electron chi connectivity index (χ2n) is 2.39. The van der Waals surface area contributed by atoms with Crippen LogP contribution in [0.4, 0.5) is 0 Å². The Morgan fingerprint density at radius 3 is 2.60 bits per heavy atom. The van der Waals surface area contributed by atoms with Crippen molar-refractivity contribution in [1.82, 2.24) is 0 Å². The lowest BCUT2D eigenvalue weighted by Gasteiger charge is -2.12. The van der Waals surface area contributed by atoms with E-state index < -0.39 is 0 Å². The molecular formula is C8H16OS. The van der Waals surface area contributed by atoms with E-state index in [1.54, 1.807) is 11.8 Å². The van der Waals surface area contributed by atoms with Crippen LogP contribution in [-0.4, -0.2) is 22.2 Å². The third-order valence-corrected chi connectivity index (χ3v) is 2.77. The van der Waals surface area contributed by atoms with Crippen molar-refractivity contribution >= 4 is 11.8 Å². The van der Waals surface area contributed by atoms with Gasteiger partial charge >= 0.3 is 0 Å². The van der Waals surface area contributed by atoms with Crippen molar-refractivity contribution in [3.63, 3.8) is 0 Å². The van der Waals surface area contributed by atoms with Gasteiger partial charge < -0.3 is 5.11 Å². The van der Waals surface area contributed by atoms with Gasteiger partial charge in [-0.2, -0.15) is 11.8 Å². The number of aliphatic hydroxyl groups excluding tert-OH is 1. The highest BCUT2D eigenvalue weighted by atomic mass is 32.2. The minimum Gasteiger partial charge on any atom is -0.392 e. The summed E-state index contributed by atoms with van der Waals surface area (Å²) in [5.41, 5.74) is 0. The molecule has 2 heteroatoms. The Morgan fingerprint density at radius 2 is 2.20 bits per heavy atom. The lowest BCUT2D eigenvalue weighted by atomic mass is 10.3. The van der Waals surface area contributed by atoms with Crippen LogP contribution in [0.1, 0.15) is 20.3 Å². The van der Waals surface area contributed by atoms with Gasteiger partial charge in [0.25, 0.3) is 0 Å². The summed E-state index contributed by atoms with van der Waals surface area (Å²) >= 11 is 1.79. The van der Waals surface area contributed by atoms with Gasteiger partial charge in [0.2, 0.25) is 0 Å². The molecule has 1 N–H and O–H groups in total. The van der Waals surface area contributed by atoms with Gasteiger partial charge in [-0.15, -0.1) is 6.58 Å². The van der Waals surface area contributed by atoms with Crippen LogP contribution in [0.5, 0.6) is 0 Å². The summed E-state index contributed by atoms with van der Waals surface area (Å²) < 4.78 is 0. The summed E-state index contributed by atoms with van der Waals surface area (Å²) in [6, 6.07) is 0. The summed E-state index contributed by atoms with van der Waals surface area (Å²) in [5.74, 6) is 1.07. The van der Waals surface area contributed by atoms with Crippen LogP contribution in [0.2, 0.25) is 0 Å². The van der Waals surface area contributed by atoms with Crippen molar-refractivity contribution in [2.75, 3.05) is 5.75 Å². The number of hydrogen-bond acceptors (Lipinski definition) is 2. The summed E-state index contributed by atoms with van der Waals surface area (Å²) in [6.07, 6.45) is 2.73. The fraction of sp³-hybridized carbons (Fsp3) is 0.750. The Balaban J connectivity index is 3.21. The highest BCUT2D eigenvalue weighted by Crippen LogP contribution is 2.14. The minimum absolute atomic E-state index is 0.199. The van der Waals surface area contributed by atoms with Gasteiger partial charge in [-0.1, -0.05) is 13.0 Å². The number of aliphatic hydroxyl groups is 1. The van der Waals surface area contributed by atoms with E-state index in [0.29, 0.717) is 5.25 Å². The van der Waals surface area contributed by atoms with Crippen molar-refractivity contribution in [3.8, 4) is 0 Å². The molecule has 0 aromatic carbocycles. The molecule has 2 atom stereocenters. The van der Waals surface area contributed by atoms with Crippen molar-refractivity contribution in [2.24, 2.45) is 0 Å². The van der Waals surface area contributed by atoms with E-state index >= 15 is 0 Å². The molecule has 0 aliphatic carbocycles. The molecule has 1 nitrogen and oxygen atoms in total. The molecule has 0 fully saturated rings. The molecule has 0 saturated heterocycles. The number of rotatable bonds is 5. The first kappa shape index (κ1) is 10.0. The Kier molecular flexibility index (Phi) is 5.84. The van der Waals surface area contributed by atoms with Crippen LogP contribution >= 0.6 is 11.8 Å². The topological polar surface area (TPSA) is 20.2 Å². The molecule has 0 bridgehead atoms. The van der Waals surface area contributed by atoms with Gasteiger partial charge in [-0.05, 0) is 19.1 Å². The minimum atomic E-state index is -0.199. The highest BCUT2D eigenvalue weighted by Gasteiger charge is 2.06. The standard InChI is InChI=1S/C8H16OS/c1-4-5-6-10-8(3)7(2)9/h4,7-9H,1,5-6H2,2-3H3. The first-order chi connectivity index (χ1) is 4.68. The van der Waals surface area contributed by atoms with Crippen molar-refractivity contribution in [2.45, 2.75) is 31.6 Å². The van der Waals surface area contributed by atoms with Crippen LogP contribution in [0.25, 0.3) is 0 Å². The van der Waals surface area contributed by atoms with E-state index in [0.717, 1.165) is 12.2 Å². The van der Waals surface area contributed by atoms with Crippen LogP contribution in [0.3, 0.4) is 0 Å². The third kappa shape index (κ3) is 4.89. The SMILES string of the molecule is C=CCCSC(C)C(C)O. The predicted molar refractivity (Wildman–Crippen MR) is 48.4 cm³/mol. The molecule has 0 amide bonds. The second kappa shape index (κ2) is 5.81. The molecule has 60 valence electrons. The van der Waals surface area contributed by atoms with Crippen LogP contribution in [-0.2, 0) is 0 Å². The number of allylic oxidation sites excluding steroid dienone is 1. The maximum Gasteiger partial charge on any atom is 0.0627 e. The van der Waals surface area contributed by atoms with Gasteiger partial charge in [0.05, 0.1) is 6.10 Å². The summed E-state index contributed by atoms with van der Waals surface area (Å²) in [6.45, 7) is 7.49. The molecule has 10 heavy (non-hydrogen) atoms. The van der Waals surface area contributed by atoms with Gasteiger partial charge in [0.15, 0.2) is 0 Å². The van der Waals surface area contributed by atoms with Crippen LogP contribution in [0, 0.1) is 0 Å². The molecule has 0 aromatic rings. The first-order valence-corrected chi connectivity index (χ1v) is 4.64. The quantitative estimate of drug-likeness (QED) is 0.491. The average molecular weight is 160 g/mol. The van der Waals surface area contributed by atoms with Crippen LogP contribution < -0.4 is 0 Å². The molecule has 0 aliphatic heterocycles. The van der Waals surface area contributed by atoms with E-state index in [1.165, 1.54) is 0 Å². The zero-order chi connectivity index (χ0) is 7.98. The lowest BCUT2D eigenvalue weighted by Crippen LogP contribution is -2.15. The molecule has 2 unspecified atom stereocenters. The van der Waals surface area contributed by atoms with E-state index in [4.69, 9.17) is 5.11 Å². The Hall–Kier alpha value is 0.0500. The molecule has 0 heterocycles. The van der Waals surface area contributed by atoms with Crippen molar-refractivity contribution < 1.29 is 5.11 Å². The second-order valence-corrected chi connectivity index (χ2v) is 3.88. The van der Waals surface area contributed by atoms with E-state index in [2.05, 4.69) is 6.58 Å². The molecule has 0 aromatic heterocycles. The fourth-order valence-corrected chi connectivity index (χ4v) is 1.43. The largest absolute Gasteiger partial charge is 0.392 e. The maximum atomic E-state index is 9.07. The Bertz CT molecular complexity index is 91.3. The number of thioether (sulfide) groups is 1. The smallest absolute Gasteiger partial charge is 0.0627 e. The van der Waals surface area contributed by atoms with E-state index in [-0.39, 0.29) is 6.10 Å².